The van der Waals surface area contributed by atoms with Gasteiger partial charge in [-0.25, -0.2) is 4.79 Å². The van der Waals surface area contributed by atoms with Crippen molar-refractivity contribution in [2.45, 2.75) is 101 Å². The first-order valence-electron chi connectivity index (χ1n) is 12.4. The molecule has 10 atom stereocenters. The summed E-state index contributed by atoms with van der Waals surface area (Å²) in [6.07, 6.45) is 1.37. The third kappa shape index (κ3) is 2.00. The van der Waals surface area contributed by atoms with Gasteiger partial charge in [0.1, 0.15) is 41.7 Å². The average molecular weight is 460 g/mol. The molecule has 5 heterocycles. The van der Waals surface area contributed by atoms with Crippen molar-refractivity contribution in [3.05, 3.63) is 11.1 Å². The molecule has 8 rings (SSSR count). The van der Waals surface area contributed by atoms with Crippen molar-refractivity contribution in [2.75, 3.05) is 6.61 Å². The number of carbonyl (C=O) groups excluding carboxylic acids is 2. The highest BCUT2D eigenvalue weighted by molar-refractivity contribution is 5.92. The SMILES string of the molecule is CC(C)[C@@H](N)C(=O)O[C@@H]1[C@@]2(C(C)C)OC2[C@@H]2O[C@@]23[C@@]2(C)CCC4=C(COC4=O)C2C2C[C@@]13O2. The van der Waals surface area contributed by atoms with E-state index in [4.69, 9.17) is 29.4 Å². The van der Waals surface area contributed by atoms with Crippen molar-refractivity contribution in [2.24, 2.45) is 28.9 Å². The van der Waals surface area contributed by atoms with Gasteiger partial charge in [-0.1, -0.05) is 34.6 Å². The van der Waals surface area contributed by atoms with Crippen LogP contribution in [-0.2, 0) is 33.3 Å². The first kappa shape index (κ1) is 20.9. The van der Waals surface area contributed by atoms with E-state index < -0.39 is 34.9 Å². The molecule has 5 aliphatic heterocycles. The molecule has 0 amide bonds. The summed E-state index contributed by atoms with van der Waals surface area (Å²) < 4.78 is 31.6. The second-order valence-electron chi connectivity index (χ2n) is 12.1. The molecular weight excluding hydrogens is 426 g/mol. The Morgan fingerprint density at radius 3 is 2.55 bits per heavy atom. The summed E-state index contributed by atoms with van der Waals surface area (Å²) in [6, 6.07) is -0.705. The summed E-state index contributed by atoms with van der Waals surface area (Å²) in [7, 11) is 0. The Hall–Kier alpha value is -1.48. The van der Waals surface area contributed by atoms with Gasteiger partial charge in [0, 0.05) is 23.3 Å². The van der Waals surface area contributed by atoms with Crippen molar-refractivity contribution in [3.63, 3.8) is 0 Å². The Morgan fingerprint density at radius 2 is 1.88 bits per heavy atom. The van der Waals surface area contributed by atoms with E-state index >= 15 is 0 Å². The van der Waals surface area contributed by atoms with Gasteiger partial charge in [0.25, 0.3) is 0 Å². The van der Waals surface area contributed by atoms with Crippen LogP contribution >= 0.6 is 0 Å². The molecule has 3 aliphatic carbocycles. The smallest absolute Gasteiger partial charge is 0.334 e. The minimum atomic E-state index is -0.751. The summed E-state index contributed by atoms with van der Waals surface area (Å²) in [6.45, 7) is 10.7. The lowest BCUT2D eigenvalue weighted by Crippen LogP contribution is -2.84. The molecule has 8 aliphatic rings. The summed E-state index contributed by atoms with van der Waals surface area (Å²) in [5.41, 5.74) is 5.89. The van der Waals surface area contributed by atoms with E-state index in [1.807, 2.05) is 13.8 Å². The second-order valence-corrected chi connectivity index (χ2v) is 12.1. The van der Waals surface area contributed by atoms with Gasteiger partial charge >= 0.3 is 11.9 Å². The third-order valence-corrected chi connectivity index (χ3v) is 10.3. The highest BCUT2D eigenvalue weighted by atomic mass is 16.7. The molecule has 2 N–H and O–H groups in total. The lowest BCUT2D eigenvalue weighted by atomic mass is 9.42. The Morgan fingerprint density at radius 1 is 1.15 bits per heavy atom. The van der Waals surface area contributed by atoms with Crippen LogP contribution in [0.3, 0.4) is 0 Å². The Bertz CT molecular complexity index is 1010. The number of epoxide rings is 2. The number of esters is 2. The summed E-state index contributed by atoms with van der Waals surface area (Å²) >= 11 is 0. The largest absolute Gasteiger partial charge is 0.458 e. The topological polar surface area (TPSA) is 113 Å². The van der Waals surface area contributed by atoms with Gasteiger partial charge in [0.15, 0.2) is 6.10 Å². The number of carbonyl (C=O) groups is 2. The molecule has 6 fully saturated rings. The molecule has 0 aromatic carbocycles. The zero-order valence-corrected chi connectivity index (χ0v) is 19.9. The molecule has 3 unspecified atom stereocenters. The van der Waals surface area contributed by atoms with Crippen molar-refractivity contribution in [3.8, 4) is 0 Å². The zero-order valence-electron chi connectivity index (χ0n) is 19.9. The molecular formula is C25H33NO7. The van der Waals surface area contributed by atoms with E-state index in [0.717, 1.165) is 17.6 Å². The predicted octanol–water partition coefficient (Wildman–Crippen LogP) is 1.64. The molecule has 0 radical (unpaired) electrons. The average Bonchev–Trinajstić information content (AvgIpc) is 3.61. The van der Waals surface area contributed by atoms with Crippen LogP contribution in [0.4, 0.5) is 0 Å². The van der Waals surface area contributed by atoms with Crippen LogP contribution in [0.1, 0.15) is 53.9 Å². The van der Waals surface area contributed by atoms with Gasteiger partial charge in [0.2, 0.25) is 0 Å². The lowest BCUT2D eigenvalue weighted by Gasteiger charge is -2.70. The van der Waals surface area contributed by atoms with E-state index in [2.05, 4.69) is 20.8 Å². The van der Waals surface area contributed by atoms with Crippen LogP contribution < -0.4 is 5.73 Å². The molecule has 8 nitrogen and oxygen atoms in total. The molecule has 180 valence electrons. The molecule has 4 saturated heterocycles. The van der Waals surface area contributed by atoms with E-state index in [9.17, 15) is 9.59 Å². The monoisotopic (exact) mass is 459 g/mol. The first-order chi connectivity index (χ1) is 15.5. The second kappa shape index (κ2) is 5.83. The number of cyclic esters (lactones) is 1. The third-order valence-electron chi connectivity index (χ3n) is 10.3. The summed E-state index contributed by atoms with van der Waals surface area (Å²) in [4.78, 5) is 25.4. The van der Waals surface area contributed by atoms with E-state index in [1.165, 1.54) is 0 Å². The number of fused-ring (bicyclic) bond motifs is 2. The van der Waals surface area contributed by atoms with Gasteiger partial charge in [-0.2, -0.15) is 0 Å². The first-order valence-corrected chi connectivity index (χ1v) is 12.4. The fourth-order valence-electron chi connectivity index (χ4n) is 8.52. The predicted molar refractivity (Wildman–Crippen MR) is 114 cm³/mol. The maximum Gasteiger partial charge on any atom is 0.334 e. The van der Waals surface area contributed by atoms with Crippen molar-refractivity contribution < 1.29 is 33.3 Å². The van der Waals surface area contributed by atoms with Crippen LogP contribution in [0.25, 0.3) is 0 Å². The lowest BCUT2D eigenvalue weighted by molar-refractivity contribution is -0.367. The quantitative estimate of drug-likeness (QED) is 0.499. The standard InChI is InChI=1S/C25H33NO7/c1-10(2)16(26)20(28)30-21-23-8-14(31-23)15-13-9-29-19(27)12(13)6-7-22(15,5)25(23)18(33-25)17-24(21,32-17)11(3)4/h10-11,14-18,21H,6-9,26H2,1-5H3/t14?,15?,16-,17?,18+,21+,22+,23-,24+,25-/m1/s1. The molecule has 2 spiro atoms. The summed E-state index contributed by atoms with van der Waals surface area (Å²) in [5.74, 6) is -0.427. The molecule has 8 heteroatoms. The van der Waals surface area contributed by atoms with Crippen LogP contribution in [0.15, 0.2) is 11.1 Å². The van der Waals surface area contributed by atoms with Crippen LogP contribution in [0.5, 0.6) is 0 Å². The maximum atomic E-state index is 13.1. The Kier molecular flexibility index (Phi) is 3.69. The van der Waals surface area contributed by atoms with Crippen molar-refractivity contribution >= 4 is 11.9 Å². The zero-order chi connectivity index (χ0) is 23.3. The highest BCUT2D eigenvalue weighted by Crippen LogP contribution is 2.82. The van der Waals surface area contributed by atoms with E-state index in [1.54, 1.807) is 0 Å². The van der Waals surface area contributed by atoms with Crippen molar-refractivity contribution in [1.82, 2.24) is 0 Å². The minimum Gasteiger partial charge on any atom is -0.458 e. The number of nitrogens with two attached hydrogens (primary N) is 1. The molecule has 0 aromatic heterocycles. The summed E-state index contributed by atoms with van der Waals surface area (Å²) in [5, 5.41) is 0. The number of rotatable bonds is 4. The maximum absolute atomic E-state index is 13.1. The van der Waals surface area contributed by atoms with Gasteiger partial charge in [-0.05, 0) is 30.3 Å². The van der Waals surface area contributed by atoms with Gasteiger partial charge in [-0.15, -0.1) is 0 Å². The Labute approximate surface area is 193 Å². The van der Waals surface area contributed by atoms with Crippen LogP contribution in [-0.4, -0.2) is 65.8 Å². The molecule has 0 aromatic rings. The van der Waals surface area contributed by atoms with Crippen LogP contribution in [0, 0.1) is 23.2 Å². The van der Waals surface area contributed by atoms with Crippen molar-refractivity contribution in [1.29, 1.82) is 0 Å². The molecule has 2 bridgehead atoms. The normalized spacial score (nSPS) is 53.2. The van der Waals surface area contributed by atoms with Crippen LogP contribution in [0.2, 0.25) is 0 Å². The van der Waals surface area contributed by atoms with Gasteiger partial charge < -0.3 is 29.4 Å². The molecule has 2 saturated carbocycles. The van der Waals surface area contributed by atoms with E-state index in [-0.39, 0.29) is 47.4 Å². The minimum absolute atomic E-state index is 0.0321. The number of ether oxygens (including phenoxy) is 5. The number of hydrogen-bond acceptors (Lipinski definition) is 8. The highest BCUT2D eigenvalue weighted by Gasteiger charge is 2.98. The van der Waals surface area contributed by atoms with Gasteiger partial charge in [0.05, 0.1) is 6.10 Å². The molecule has 33 heavy (non-hydrogen) atoms. The van der Waals surface area contributed by atoms with E-state index in [0.29, 0.717) is 19.4 Å². The van der Waals surface area contributed by atoms with Gasteiger partial charge in [-0.3, -0.25) is 4.79 Å². The fraction of sp³-hybridized carbons (Fsp3) is 0.840. The number of hydrogen-bond donors (Lipinski definition) is 1. The Balaban J connectivity index is 1.33. The fourth-order valence-corrected chi connectivity index (χ4v) is 8.52.